The Bertz CT molecular complexity index is 480. The summed E-state index contributed by atoms with van der Waals surface area (Å²) < 4.78 is 6.11. The Kier molecular flexibility index (Phi) is 3.69. The summed E-state index contributed by atoms with van der Waals surface area (Å²) in [6.07, 6.45) is 3.39. The van der Waals surface area contributed by atoms with Crippen molar-refractivity contribution in [2.75, 3.05) is 0 Å². The summed E-state index contributed by atoms with van der Waals surface area (Å²) in [7, 11) is 0. The van der Waals surface area contributed by atoms with Gasteiger partial charge >= 0.3 is 0 Å². The molecule has 0 bridgehead atoms. The van der Waals surface area contributed by atoms with E-state index in [1.54, 1.807) is 12.5 Å². The summed E-state index contributed by atoms with van der Waals surface area (Å²) in [6, 6.07) is 5.91. The third kappa shape index (κ3) is 2.79. The molecule has 0 aliphatic heterocycles. The minimum atomic E-state index is -0.488. The van der Waals surface area contributed by atoms with Crippen molar-refractivity contribution >= 4 is 15.9 Å². The summed E-state index contributed by atoms with van der Waals surface area (Å²) >= 11 is 3.53. The second-order valence-electron chi connectivity index (χ2n) is 4.32. The van der Waals surface area contributed by atoms with Crippen molar-refractivity contribution in [2.45, 2.75) is 26.4 Å². The number of furan rings is 1. The fourth-order valence-electron chi connectivity index (χ4n) is 1.92. The Hall–Kier alpha value is -1.06. The predicted octanol–water partition coefficient (Wildman–Crippen LogP) is 3.94. The van der Waals surface area contributed by atoms with Gasteiger partial charge in [-0.05, 0) is 42.2 Å². The summed E-state index contributed by atoms with van der Waals surface area (Å²) in [5.41, 5.74) is 4.25. The first kappa shape index (κ1) is 12.4. The lowest BCUT2D eigenvalue weighted by molar-refractivity contribution is 0.178. The molecule has 1 unspecified atom stereocenters. The summed E-state index contributed by atoms with van der Waals surface area (Å²) in [4.78, 5) is 0. The summed E-state index contributed by atoms with van der Waals surface area (Å²) in [6.45, 7) is 4.07. The van der Waals surface area contributed by atoms with Crippen LogP contribution < -0.4 is 0 Å². The van der Waals surface area contributed by atoms with Gasteiger partial charge < -0.3 is 9.52 Å². The average molecular weight is 295 g/mol. The molecule has 0 saturated heterocycles. The van der Waals surface area contributed by atoms with E-state index in [1.165, 1.54) is 0 Å². The Morgan fingerprint density at radius 3 is 2.47 bits per heavy atom. The normalized spacial score (nSPS) is 12.7. The highest BCUT2D eigenvalue weighted by molar-refractivity contribution is 9.10. The van der Waals surface area contributed by atoms with Crippen LogP contribution in [0.25, 0.3) is 0 Å². The van der Waals surface area contributed by atoms with Gasteiger partial charge in [-0.3, -0.25) is 0 Å². The molecule has 0 spiro atoms. The largest absolute Gasteiger partial charge is 0.472 e. The molecular weight excluding hydrogens is 280 g/mol. The second kappa shape index (κ2) is 5.07. The Balaban J connectivity index is 2.22. The van der Waals surface area contributed by atoms with Crippen LogP contribution in [0.1, 0.15) is 28.4 Å². The van der Waals surface area contributed by atoms with Crippen molar-refractivity contribution in [3.63, 3.8) is 0 Å². The van der Waals surface area contributed by atoms with E-state index in [2.05, 4.69) is 15.9 Å². The highest BCUT2D eigenvalue weighted by Gasteiger charge is 2.12. The highest BCUT2D eigenvalue weighted by Crippen LogP contribution is 2.27. The minimum Gasteiger partial charge on any atom is -0.472 e. The van der Waals surface area contributed by atoms with Gasteiger partial charge in [0.15, 0.2) is 0 Å². The first-order chi connectivity index (χ1) is 8.08. The van der Waals surface area contributed by atoms with Crippen LogP contribution in [0.4, 0.5) is 0 Å². The Morgan fingerprint density at radius 1 is 1.29 bits per heavy atom. The standard InChI is InChI=1S/C14H15BrO2/c1-9-5-12(6-10(2)14(9)15)13(16)7-11-3-4-17-8-11/h3-6,8,13,16H,7H2,1-2H3. The van der Waals surface area contributed by atoms with Gasteiger partial charge in [-0.1, -0.05) is 28.1 Å². The molecule has 0 radical (unpaired) electrons. The van der Waals surface area contributed by atoms with Crippen LogP contribution in [0.3, 0.4) is 0 Å². The van der Waals surface area contributed by atoms with E-state index in [9.17, 15) is 5.11 Å². The molecule has 2 aromatic rings. The smallest absolute Gasteiger partial charge is 0.0935 e. The second-order valence-corrected chi connectivity index (χ2v) is 5.11. The molecule has 1 aromatic carbocycles. The van der Waals surface area contributed by atoms with Crippen LogP contribution in [-0.4, -0.2) is 5.11 Å². The Morgan fingerprint density at radius 2 is 1.94 bits per heavy atom. The van der Waals surface area contributed by atoms with Gasteiger partial charge in [-0.25, -0.2) is 0 Å². The molecule has 2 nitrogen and oxygen atoms in total. The number of rotatable bonds is 3. The van der Waals surface area contributed by atoms with Crippen LogP contribution in [0.2, 0.25) is 0 Å². The minimum absolute atomic E-state index is 0.488. The van der Waals surface area contributed by atoms with Crippen LogP contribution >= 0.6 is 15.9 Å². The molecule has 3 heteroatoms. The monoisotopic (exact) mass is 294 g/mol. The van der Waals surface area contributed by atoms with Gasteiger partial charge in [0.1, 0.15) is 0 Å². The quantitative estimate of drug-likeness (QED) is 0.930. The van der Waals surface area contributed by atoms with Crippen LogP contribution in [0.5, 0.6) is 0 Å². The van der Waals surface area contributed by atoms with Gasteiger partial charge in [-0.15, -0.1) is 0 Å². The van der Waals surface area contributed by atoms with E-state index in [0.29, 0.717) is 6.42 Å². The number of hydrogen-bond acceptors (Lipinski definition) is 2. The molecule has 1 heterocycles. The first-order valence-corrected chi connectivity index (χ1v) is 6.33. The van der Waals surface area contributed by atoms with Crippen molar-refractivity contribution in [3.05, 3.63) is 57.5 Å². The van der Waals surface area contributed by atoms with E-state index < -0.39 is 6.10 Å². The molecule has 0 aliphatic carbocycles. The number of aryl methyl sites for hydroxylation is 2. The van der Waals surface area contributed by atoms with E-state index >= 15 is 0 Å². The molecule has 2 rings (SSSR count). The number of halogens is 1. The Labute approximate surface area is 109 Å². The number of aliphatic hydroxyl groups excluding tert-OH is 1. The van der Waals surface area contributed by atoms with Gasteiger partial charge in [0.05, 0.1) is 18.6 Å². The third-order valence-electron chi connectivity index (χ3n) is 2.85. The average Bonchev–Trinajstić information content (AvgIpc) is 2.77. The molecule has 0 amide bonds. The molecule has 17 heavy (non-hydrogen) atoms. The maximum absolute atomic E-state index is 10.2. The molecule has 1 atom stereocenters. The fraction of sp³-hybridized carbons (Fsp3) is 0.286. The number of hydrogen-bond donors (Lipinski definition) is 1. The molecule has 0 fully saturated rings. The van der Waals surface area contributed by atoms with Crippen molar-refractivity contribution in [1.29, 1.82) is 0 Å². The molecule has 1 aromatic heterocycles. The molecule has 0 saturated carbocycles. The van der Waals surface area contributed by atoms with Crippen molar-refractivity contribution in [3.8, 4) is 0 Å². The number of benzene rings is 1. The van der Waals surface area contributed by atoms with Gasteiger partial charge in [0.25, 0.3) is 0 Å². The number of aliphatic hydroxyl groups is 1. The zero-order chi connectivity index (χ0) is 12.4. The van der Waals surface area contributed by atoms with Crippen molar-refractivity contribution in [2.24, 2.45) is 0 Å². The molecular formula is C14H15BrO2. The van der Waals surface area contributed by atoms with E-state index in [4.69, 9.17) is 4.42 Å². The first-order valence-electron chi connectivity index (χ1n) is 5.53. The van der Waals surface area contributed by atoms with Crippen molar-refractivity contribution < 1.29 is 9.52 Å². The maximum atomic E-state index is 10.2. The molecule has 1 N–H and O–H groups in total. The van der Waals surface area contributed by atoms with Crippen LogP contribution in [0.15, 0.2) is 39.6 Å². The SMILES string of the molecule is Cc1cc(C(O)Cc2ccoc2)cc(C)c1Br. The van der Waals surface area contributed by atoms with E-state index in [1.807, 2.05) is 32.0 Å². The zero-order valence-corrected chi connectivity index (χ0v) is 11.5. The third-order valence-corrected chi connectivity index (χ3v) is 4.10. The maximum Gasteiger partial charge on any atom is 0.0935 e. The van der Waals surface area contributed by atoms with Gasteiger partial charge in [-0.2, -0.15) is 0 Å². The van der Waals surface area contributed by atoms with E-state index in [0.717, 1.165) is 26.7 Å². The van der Waals surface area contributed by atoms with E-state index in [-0.39, 0.29) is 0 Å². The predicted molar refractivity (Wildman–Crippen MR) is 71.0 cm³/mol. The fourth-order valence-corrected chi connectivity index (χ4v) is 2.15. The highest BCUT2D eigenvalue weighted by atomic mass is 79.9. The lowest BCUT2D eigenvalue weighted by Crippen LogP contribution is -2.02. The summed E-state index contributed by atoms with van der Waals surface area (Å²) in [5.74, 6) is 0. The van der Waals surface area contributed by atoms with Gasteiger partial charge in [0.2, 0.25) is 0 Å². The van der Waals surface area contributed by atoms with Crippen molar-refractivity contribution in [1.82, 2.24) is 0 Å². The lowest BCUT2D eigenvalue weighted by Gasteiger charge is -2.13. The van der Waals surface area contributed by atoms with Crippen LogP contribution in [0, 0.1) is 13.8 Å². The topological polar surface area (TPSA) is 33.4 Å². The molecule has 90 valence electrons. The molecule has 0 aliphatic rings. The zero-order valence-electron chi connectivity index (χ0n) is 9.90. The lowest BCUT2D eigenvalue weighted by atomic mass is 9.99. The summed E-state index contributed by atoms with van der Waals surface area (Å²) in [5, 5.41) is 10.2. The van der Waals surface area contributed by atoms with Gasteiger partial charge in [0, 0.05) is 10.9 Å². The van der Waals surface area contributed by atoms with Crippen LogP contribution in [-0.2, 0) is 6.42 Å².